The monoisotopic (exact) mass is 255 g/mol. The minimum Gasteiger partial charge on any atom is -0.342 e. The highest BCUT2D eigenvalue weighted by Crippen LogP contribution is 2.26. The SMILES string of the molecule is CC1CCC(N(C)C(=O)CN(C)CCCN)CC1. The standard InChI is InChI=1S/C14H29N3O/c1-12-5-7-13(8-6-12)17(3)14(18)11-16(2)10-4-9-15/h12-13H,4-11,15H2,1-3H3. The van der Waals surface area contributed by atoms with Crippen molar-refractivity contribution in [2.75, 3.05) is 33.7 Å². The molecule has 1 amide bonds. The molecule has 0 aromatic heterocycles. The lowest BCUT2D eigenvalue weighted by molar-refractivity contribution is -0.133. The van der Waals surface area contributed by atoms with E-state index in [1.807, 2.05) is 19.0 Å². The van der Waals surface area contributed by atoms with Gasteiger partial charge in [0.1, 0.15) is 0 Å². The van der Waals surface area contributed by atoms with E-state index in [2.05, 4.69) is 11.8 Å². The third-order valence-electron chi connectivity index (χ3n) is 4.08. The van der Waals surface area contributed by atoms with Gasteiger partial charge in [0.25, 0.3) is 0 Å². The Balaban J connectivity index is 2.32. The van der Waals surface area contributed by atoms with E-state index in [1.165, 1.54) is 12.8 Å². The molecule has 4 nitrogen and oxygen atoms in total. The van der Waals surface area contributed by atoms with Crippen LogP contribution < -0.4 is 5.73 Å². The lowest BCUT2D eigenvalue weighted by atomic mass is 9.87. The molecular formula is C14H29N3O. The second kappa shape index (κ2) is 7.74. The van der Waals surface area contributed by atoms with Gasteiger partial charge in [-0.15, -0.1) is 0 Å². The van der Waals surface area contributed by atoms with Gasteiger partial charge in [-0.25, -0.2) is 0 Å². The van der Waals surface area contributed by atoms with Gasteiger partial charge in [0.05, 0.1) is 6.54 Å². The molecule has 0 atom stereocenters. The van der Waals surface area contributed by atoms with E-state index < -0.39 is 0 Å². The van der Waals surface area contributed by atoms with Crippen molar-refractivity contribution in [1.82, 2.24) is 9.80 Å². The molecule has 18 heavy (non-hydrogen) atoms. The largest absolute Gasteiger partial charge is 0.342 e. The zero-order chi connectivity index (χ0) is 13.5. The molecule has 0 bridgehead atoms. The predicted molar refractivity (Wildman–Crippen MR) is 75.4 cm³/mol. The first-order chi connectivity index (χ1) is 8.54. The number of amides is 1. The van der Waals surface area contributed by atoms with Gasteiger partial charge in [0.2, 0.25) is 5.91 Å². The number of nitrogens with zero attached hydrogens (tertiary/aromatic N) is 2. The zero-order valence-electron chi connectivity index (χ0n) is 12.2. The number of hydrogen-bond donors (Lipinski definition) is 1. The molecule has 0 saturated heterocycles. The molecule has 1 fully saturated rings. The van der Waals surface area contributed by atoms with Gasteiger partial charge in [-0.2, -0.15) is 0 Å². The summed E-state index contributed by atoms with van der Waals surface area (Å²) in [6, 6.07) is 0.455. The lowest BCUT2D eigenvalue weighted by Gasteiger charge is -2.34. The molecule has 106 valence electrons. The van der Waals surface area contributed by atoms with Crippen molar-refractivity contribution in [3.63, 3.8) is 0 Å². The fourth-order valence-electron chi connectivity index (χ4n) is 2.62. The summed E-state index contributed by atoms with van der Waals surface area (Å²) in [6.45, 7) is 4.41. The average Bonchev–Trinajstić information content (AvgIpc) is 2.36. The summed E-state index contributed by atoms with van der Waals surface area (Å²) in [5.41, 5.74) is 5.48. The highest BCUT2D eigenvalue weighted by atomic mass is 16.2. The molecule has 0 aliphatic heterocycles. The zero-order valence-corrected chi connectivity index (χ0v) is 12.2. The molecule has 0 heterocycles. The van der Waals surface area contributed by atoms with Gasteiger partial charge in [-0.05, 0) is 58.2 Å². The third kappa shape index (κ3) is 4.94. The summed E-state index contributed by atoms with van der Waals surface area (Å²) in [7, 11) is 3.95. The highest BCUT2D eigenvalue weighted by Gasteiger charge is 2.24. The Kier molecular flexibility index (Phi) is 6.65. The highest BCUT2D eigenvalue weighted by molar-refractivity contribution is 5.78. The molecule has 0 aromatic carbocycles. The number of rotatable bonds is 6. The maximum absolute atomic E-state index is 12.2. The third-order valence-corrected chi connectivity index (χ3v) is 4.08. The number of carbonyl (C=O) groups is 1. The number of nitrogens with two attached hydrogens (primary N) is 1. The molecule has 2 N–H and O–H groups in total. The summed E-state index contributed by atoms with van der Waals surface area (Å²) in [5, 5.41) is 0. The first kappa shape index (κ1) is 15.4. The molecule has 0 unspecified atom stereocenters. The van der Waals surface area contributed by atoms with E-state index in [1.54, 1.807) is 0 Å². The van der Waals surface area contributed by atoms with Crippen molar-refractivity contribution in [2.24, 2.45) is 11.7 Å². The molecule has 0 radical (unpaired) electrons. The Morgan fingerprint density at radius 3 is 2.39 bits per heavy atom. The van der Waals surface area contributed by atoms with Gasteiger partial charge >= 0.3 is 0 Å². The van der Waals surface area contributed by atoms with E-state index in [0.717, 1.165) is 31.7 Å². The van der Waals surface area contributed by atoms with Gasteiger partial charge in [0, 0.05) is 13.1 Å². The maximum Gasteiger partial charge on any atom is 0.236 e. The van der Waals surface area contributed by atoms with Crippen LogP contribution in [0, 0.1) is 5.92 Å². The van der Waals surface area contributed by atoms with Crippen molar-refractivity contribution in [3.8, 4) is 0 Å². The normalized spacial score (nSPS) is 24.3. The van der Waals surface area contributed by atoms with Crippen LogP contribution in [-0.4, -0.2) is 55.5 Å². The van der Waals surface area contributed by atoms with Crippen molar-refractivity contribution in [2.45, 2.75) is 45.1 Å². The molecular weight excluding hydrogens is 226 g/mol. The van der Waals surface area contributed by atoms with Crippen LogP contribution in [0.2, 0.25) is 0 Å². The Bertz CT molecular complexity index is 249. The van der Waals surface area contributed by atoms with Crippen LogP contribution >= 0.6 is 0 Å². The number of carbonyl (C=O) groups excluding carboxylic acids is 1. The van der Waals surface area contributed by atoms with Crippen LogP contribution in [0.15, 0.2) is 0 Å². The Labute approximate surface area is 111 Å². The van der Waals surface area contributed by atoms with E-state index in [-0.39, 0.29) is 5.91 Å². The maximum atomic E-state index is 12.2. The quantitative estimate of drug-likeness (QED) is 0.778. The summed E-state index contributed by atoms with van der Waals surface area (Å²) in [6.07, 6.45) is 5.79. The summed E-state index contributed by atoms with van der Waals surface area (Å²) in [5.74, 6) is 1.08. The van der Waals surface area contributed by atoms with Crippen molar-refractivity contribution < 1.29 is 4.79 Å². The minimum atomic E-state index is 0.245. The summed E-state index contributed by atoms with van der Waals surface area (Å²) >= 11 is 0. The number of hydrogen-bond acceptors (Lipinski definition) is 3. The average molecular weight is 255 g/mol. The molecule has 1 aliphatic carbocycles. The fourth-order valence-corrected chi connectivity index (χ4v) is 2.62. The summed E-state index contributed by atoms with van der Waals surface area (Å²) < 4.78 is 0. The molecule has 1 rings (SSSR count). The molecule has 0 spiro atoms. The second-order valence-corrected chi connectivity index (χ2v) is 5.80. The van der Waals surface area contributed by atoms with Gasteiger partial charge < -0.3 is 10.6 Å². The van der Waals surface area contributed by atoms with Crippen LogP contribution in [0.1, 0.15) is 39.0 Å². The Morgan fingerprint density at radius 1 is 1.22 bits per heavy atom. The van der Waals surface area contributed by atoms with E-state index >= 15 is 0 Å². The first-order valence-electron chi connectivity index (χ1n) is 7.18. The van der Waals surface area contributed by atoms with Crippen LogP contribution in [0.3, 0.4) is 0 Å². The van der Waals surface area contributed by atoms with Crippen LogP contribution in [0.25, 0.3) is 0 Å². The Hall–Kier alpha value is -0.610. The van der Waals surface area contributed by atoms with Gasteiger partial charge in [-0.1, -0.05) is 6.92 Å². The van der Waals surface area contributed by atoms with Crippen LogP contribution in [-0.2, 0) is 4.79 Å². The first-order valence-corrected chi connectivity index (χ1v) is 7.18. The molecule has 1 saturated carbocycles. The van der Waals surface area contributed by atoms with Crippen LogP contribution in [0.4, 0.5) is 0 Å². The van der Waals surface area contributed by atoms with Crippen molar-refractivity contribution in [1.29, 1.82) is 0 Å². The van der Waals surface area contributed by atoms with Crippen LogP contribution in [0.5, 0.6) is 0 Å². The summed E-state index contributed by atoms with van der Waals surface area (Å²) in [4.78, 5) is 16.2. The molecule has 0 aromatic rings. The minimum absolute atomic E-state index is 0.245. The van der Waals surface area contributed by atoms with E-state index in [0.29, 0.717) is 19.1 Å². The fraction of sp³-hybridized carbons (Fsp3) is 0.929. The lowest BCUT2D eigenvalue weighted by Crippen LogP contribution is -2.44. The topological polar surface area (TPSA) is 49.6 Å². The second-order valence-electron chi connectivity index (χ2n) is 5.80. The number of likely N-dealkylation sites (N-methyl/N-ethyl adjacent to an activating group) is 2. The van der Waals surface area contributed by atoms with E-state index in [9.17, 15) is 4.79 Å². The molecule has 4 heteroatoms. The smallest absolute Gasteiger partial charge is 0.236 e. The van der Waals surface area contributed by atoms with Gasteiger partial charge in [-0.3, -0.25) is 9.69 Å². The van der Waals surface area contributed by atoms with Crippen molar-refractivity contribution in [3.05, 3.63) is 0 Å². The van der Waals surface area contributed by atoms with Crippen molar-refractivity contribution >= 4 is 5.91 Å². The molecule has 1 aliphatic rings. The van der Waals surface area contributed by atoms with Gasteiger partial charge in [0.15, 0.2) is 0 Å². The predicted octanol–water partition coefficient (Wildman–Crippen LogP) is 1.30. The Morgan fingerprint density at radius 2 is 1.83 bits per heavy atom. The van der Waals surface area contributed by atoms with E-state index in [4.69, 9.17) is 5.73 Å².